The molecule has 0 aliphatic rings. The van der Waals surface area contributed by atoms with E-state index in [1.807, 2.05) is 55.8 Å². The second-order valence-corrected chi connectivity index (χ2v) is 8.22. The van der Waals surface area contributed by atoms with Crippen LogP contribution in [0.4, 0.5) is 5.13 Å². The van der Waals surface area contributed by atoms with Gasteiger partial charge in [0.1, 0.15) is 6.23 Å². The Bertz CT molecular complexity index is 1040. The van der Waals surface area contributed by atoms with E-state index in [9.17, 15) is 5.11 Å². The standard InChI is InChI=1S/C19H19N5OS2/c1-12-18(27-13(2)21-12)16-11-26-19(22-16)23-17(25)10-24-9-15(8-20-24)14-6-4-3-5-7-14/h3-9,11,17,25H,10H2,1-2H3,(H,22,23). The monoisotopic (exact) mass is 397 g/mol. The smallest absolute Gasteiger partial charge is 0.185 e. The lowest BCUT2D eigenvalue weighted by Gasteiger charge is -2.11. The first kappa shape index (κ1) is 17.8. The molecular weight excluding hydrogens is 378 g/mol. The number of rotatable bonds is 6. The van der Waals surface area contributed by atoms with Gasteiger partial charge in [-0.05, 0) is 19.4 Å². The number of anilines is 1. The van der Waals surface area contributed by atoms with Crippen LogP contribution in [0, 0.1) is 13.8 Å². The van der Waals surface area contributed by atoms with Gasteiger partial charge in [0.25, 0.3) is 0 Å². The van der Waals surface area contributed by atoms with Gasteiger partial charge >= 0.3 is 0 Å². The number of aliphatic hydroxyl groups excluding tert-OH is 1. The van der Waals surface area contributed by atoms with Crippen molar-refractivity contribution in [2.45, 2.75) is 26.6 Å². The molecule has 0 saturated carbocycles. The molecule has 0 amide bonds. The highest BCUT2D eigenvalue weighted by molar-refractivity contribution is 7.16. The van der Waals surface area contributed by atoms with Gasteiger partial charge in [0.15, 0.2) is 5.13 Å². The Hall–Kier alpha value is -2.55. The number of aryl methyl sites for hydroxylation is 2. The van der Waals surface area contributed by atoms with E-state index in [4.69, 9.17) is 0 Å². The summed E-state index contributed by atoms with van der Waals surface area (Å²) in [6.07, 6.45) is 2.95. The molecule has 0 spiro atoms. The fraction of sp³-hybridized carbons (Fsp3) is 0.211. The molecule has 4 aromatic rings. The molecule has 3 aromatic heterocycles. The van der Waals surface area contributed by atoms with E-state index >= 15 is 0 Å². The first-order valence-electron chi connectivity index (χ1n) is 8.51. The number of nitrogens with one attached hydrogen (secondary N) is 1. The van der Waals surface area contributed by atoms with Crippen molar-refractivity contribution in [3.63, 3.8) is 0 Å². The van der Waals surface area contributed by atoms with Crippen LogP contribution in [-0.2, 0) is 6.54 Å². The molecule has 8 heteroatoms. The van der Waals surface area contributed by atoms with Gasteiger partial charge in [0, 0.05) is 17.1 Å². The quantitative estimate of drug-likeness (QED) is 0.478. The lowest BCUT2D eigenvalue weighted by Crippen LogP contribution is -2.25. The maximum Gasteiger partial charge on any atom is 0.185 e. The van der Waals surface area contributed by atoms with Gasteiger partial charge in [0.2, 0.25) is 0 Å². The maximum atomic E-state index is 10.4. The second-order valence-electron chi connectivity index (χ2n) is 6.16. The number of aromatic nitrogens is 4. The van der Waals surface area contributed by atoms with Crippen LogP contribution < -0.4 is 5.32 Å². The lowest BCUT2D eigenvalue weighted by atomic mass is 10.1. The molecule has 1 unspecified atom stereocenters. The Morgan fingerprint density at radius 3 is 2.70 bits per heavy atom. The van der Waals surface area contributed by atoms with Crippen LogP contribution >= 0.6 is 22.7 Å². The fourth-order valence-corrected chi connectivity index (χ4v) is 4.53. The molecule has 138 valence electrons. The molecule has 2 N–H and O–H groups in total. The van der Waals surface area contributed by atoms with Crippen LogP contribution in [0.1, 0.15) is 10.7 Å². The molecule has 0 bridgehead atoms. The van der Waals surface area contributed by atoms with Gasteiger partial charge in [-0.2, -0.15) is 5.10 Å². The Balaban J connectivity index is 1.41. The molecule has 27 heavy (non-hydrogen) atoms. The highest BCUT2D eigenvalue weighted by atomic mass is 32.1. The summed E-state index contributed by atoms with van der Waals surface area (Å²) in [5.74, 6) is 0. The average molecular weight is 398 g/mol. The first-order valence-corrected chi connectivity index (χ1v) is 10.2. The SMILES string of the molecule is Cc1nc(C)c(-c2csc(NC(O)Cn3cc(-c4ccccc4)cn3)n2)s1. The van der Waals surface area contributed by atoms with Gasteiger partial charge in [-0.15, -0.1) is 22.7 Å². The van der Waals surface area contributed by atoms with E-state index in [-0.39, 0.29) is 0 Å². The van der Waals surface area contributed by atoms with E-state index in [2.05, 4.69) is 20.4 Å². The van der Waals surface area contributed by atoms with Gasteiger partial charge in [-0.3, -0.25) is 4.68 Å². The van der Waals surface area contributed by atoms with E-state index in [0.29, 0.717) is 11.7 Å². The number of benzene rings is 1. The summed E-state index contributed by atoms with van der Waals surface area (Å²) < 4.78 is 1.73. The number of hydrogen-bond acceptors (Lipinski definition) is 7. The topological polar surface area (TPSA) is 75.9 Å². The zero-order valence-electron chi connectivity index (χ0n) is 15.0. The zero-order valence-corrected chi connectivity index (χ0v) is 16.6. The van der Waals surface area contributed by atoms with E-state index < -0.39 is 6.23 Å². The zero-order chi connectivity index (χ0) is 18.8. The van der Waals surface area contributed by atoms with Crippen molar-refractivity contribution in [1.29, 1.82) is 0 Å². The lowest BCUT2D eigenvalue weighted by molar-refractivity contribution is 0.177. The van der Waals surface area contributed by atoms with Gasteiger partial charge in [-0.1, -0.05) is 30.3 Å². The van der Waals surface area contributed by atoms with Crippen molar-refractivity contribution >= 4 is 27.8 Å². The summed E-state index contributed by atoms with van der Waals surface area (Å²) in [6, 6.07) is 10.1. The molecule has 4 rings (SSSR count). The molecule has 3 heterocycles. The highest BCUT2D eigenvalue weighted by Crippen LogP contribution is 2.32. The molecule has 1 atom stereocenters. The fourth-order valence-electron chi connectivity index (χ4n) is 2.82. The van der Waals surface area contributed by atoms with Crippen molar-refractivity contribution in [3.05, 3.63) is 58.8 Å². The Kier molecular flexibility index (Phi) is 5.02. The number of thiazole rings is 2. The van der Waals surface area contributed by atoms with Gasteiger partial charge in [-0.25, -0.2) is 9.97 Å². The van der Waals surface area contributed by atoms with Crippen LogP contribution in [0.25, 0.3) is 21.7 Å². The summed E-state index contributed by atoms with van der Waals surface area (Å²) in [5.41, 5.74) is 4.00. The van der Waals surface area contributed by atoms with Crippen LogP contribution in [-0.4, -0.2) is 31.1 Å². The molecular formula is C19H19N5OS2. The molecule has 0 aliphatic carbocycles. The number of aliphatic hydroxyl groups is 1. The summed E-state index contributed by atoms with van der Waals surface area (Å²) >= 11 is 3.10. The minimum Gasteiger partial charge on any atom is -0.372 e. The third kappa shape index (κ3) is 4.08. The maximum absolute atomic E-state index is 10.4. The summed E-state index contributed by atoms with van der Waals surface area (Å²) in [6.45, 7) is 4.31. The van der Waals surface area contributed by atoms with Crippen LogP contribution in [0.3, 0.4) is 0 Å². The van der Waals surface area contributed by atoms with Gasteiger partial charge < -0.3 is 10.4 Å². The van der Waals surface area contributed by atoms with Crippen LogP contribution in [0.15, 0.2) is 48.1 Å². The first-order chi connectivity index (χ1) is 13.1. The average Bonchev–Trinajstić information content (AvgIpc) is 3.36. The molecule has 0 saturated heterocycles. The molecule has 6 nitrogen and oxygen atoms in total. The van der Waals surface area contributed by atoms with Crippen molar-refractivity contribution in [3.8, 4) is 21.7 Å². The Labute approximate surface area is 165 Å². The van der Waals surface area contributed by atoms with Crippen molar-refractivity contribution in [2.75, 3.05) is 5.32 Å². The molecule has 0 aliphatic heterocycles. The summed E-state index contributed by atoms with van der Waals surface area (Å²) in [7, 11) is 0. The predicted octanol–water partition coefficient (Wildman–Crippen LogP) is 4.18. The Morgan fingerprint density at radius 2 is 1.96 bits per heavy atom. The number of nitrogens with zero attached hydrogens (tertiary/aromatic N) is 4. The third-order valence-electron chi connectivity index (χ3n) is 4.03. The van der Waals surface area contributed by atoms with Crippen LogP contribution in [0.2, 0.25) is 0 Å². The predicted molar refractivity (Wildman–Crippen MR) is 110 cm³/mol. The van der Waals surface area contributed by atoms with Crippen molar-refractivity contribution in [2.24, 2.45) is 0 Å². The second kappa shape index (κ2) is 7.59. The normalized spacial score (nSPS) is 12.3. The van der Waals surface area contributed by atoms with Crippen molar-refractivity contribution in [1.82, 2.24) is 19.7 Å². The van der Waals surface area contributed by atoms with E-state index in [1.165, 1.54) is 11.3 Å². The number of hydrogen-bond donors (Lipinski definition) is 2. The molecule has 1 aromatic carbocycles. The largest absolute Gasteiger partial charge is 0.372 e. The third-order valence-corrected chi connectivity index (χ3v) is 5.90. The summed E-state index contributed by atoms with van der Waals surface area (Å²) in [5, 5.41) is 21.4. The minimum atomic E-state index is -0.781. The van der Waals surface area contributed by atoms with Crippen LogP contribution in [0.5, 0.6) is 0 Å². The summed E-state index contributed by atoms with van der Waals surface area (Å²) in [4.78, 5) is 10.1. The van der Waals surface area contributed by atoms with Crippen molar-refractivity contribution < 1.29 is 5.11 Å². The Morgan fingerprint density at radius 1 is 1.15 bits per heavy atom. The van der Waals surface area contributed by atoms with E-state index in [0.717, 1.165) is 32.4 Å². The molecule has 0 radical (unpaired) electrons. The van der Waals surface area contributed by atoms with E-state index in [1.54, 1.807) is 22.2 Å². The highest BCUT2D eigenvalue weighted by Gasteiger charge is 2.14. The minimum absolute atomic E-state index is 0.334. The molecule has 0 fully saturated rings. The van der Waals surface area contributed by atoms with Gasteiger partial charge in [0.05, 0.1) is 34.0 Å².